The number of aromatic nitrogens is 5. The van der Waals surface area contributed by atoms with Gasteiger partial charge >= 0.3 is 5.69 Å². The number of unbranched alkanes of at least 4 members (excludes halogenated alkanes) is 1. The number of anilines is 1. The number of piperazine rings is 1. The van der Waals surface area contributed by atoms with Gasteiger partial charge in [0.1, 0.15) is 11.7 Å². The molecule has 3 aliphatic rings. The number of sulfonamides is 1. The number of aryl methyl sites for hydroxylation is 2. The summed E-state index contributed by atoms with van der Waals surface area (Å²) in [7, 11) is -1.98. The number of imidazole rings is 1. The molecule has 1 unspecified atom stereocenters. The lowest BCUT2D eigenvalue weighted by atomic mass is 9.93. The third-order valence-electron chi connectivity index (χ3n) is 13.7. The fraction of sp³-hybridized carbons (Fsp3) is 0.580. The predicted molar refractivity (Wildman–Crippen MR) is 265 cm³/mol. The molecule has 2 saturated heterocycles. The number of benzene rings is 2. The summed E-state index contributed by atoms with van der Waals surface area (Å²) >= 11 is 0. The van der Waals surface area contributed by atoms with E-state index in [0.717, 1.165) is 91.2 Å². The van der Waals surface area contributed by atoms with Crippen molar-refractivity contribution < 1.29 is 42.1 Å². The predicted octanol–water partition coefficient (Wildman–Crippen LogP) is 4.42. The van der Waals surface area contributed by atoms with Gasteiger partial charge in [0, 0.05) is 88.7 Å². The van der Waals surface area contributed by atoms with Crippen molar-refractivity contribution in [2.45, 2.75) is 94.2 Å². The molecular formula is C50H69N9O10S. The smallest absolute Gasteiger partial charge is 0.329 e. The average Bonchev–Trinajstić information content (AvgIpc) is 3.86. The van der Waals surface area contributed by atoms with Crippen molar-refractivity contribution in [3.8, 4) is 11.1 Å². The Kier molecular flexibility index (Phi) is 17.9. The Labute approximate surface area is 409 Å². The Morgan fingerprint density at radius 3 is 2.19 bits per heavy atom. The number of rotatable bonds is 25. The molecule has 1 atom stereocenters. The van der Waals surface area contributed by atoms with Crippen LogP contribution >= 0.6 is 0 Å². The minimum Gasteiger partial charge on any atom is -0.393 e. The maximum absolute atomic E-state index is 13.8. The summed E-state index contributed by atoms with van der Waals surface area (Å²) in [5.41, 5.74) is 4.90. The van der Waals surface area contributed by atoms with Crippen LogP contribution in [-0.2, 0) is 52.0 Å². The lowest BCUT2D eigenvalue weighted by Gasteiger charge is -2.33. The average molecular weight is 988 g/mol. The summed E-state index contributed by atoms with van der Waals surface area (Å²) in [6.45, 7) is 9.52. The van der Waals surface area contributed by atoms with E-state index >= 15 is 0 Å². The van der Waals surface area contributed by atoms with E-state index in [1.807, 2.05) is 36.5 Å². The number of hydrogen-bond acceptors (Lipinski definition) is 14. The van der Waals surface area contributed by atoms with Gasteiger partial charge in [-0.05, 0) is 86.8 Å². The van der Waals surface area contributed by atoms with Gasteiger partial charge in [-0.2, -0.15) is 9.29 Å². The summed E-state index contributed by atoms with van der Waals surface area (Å²) in [5.74, 6) is -0.162. The second-order valence-corrected chi connectivity index (χ2v) is 20.4. The number of hydrogen-bond donors (Lipinski definition) is 3. The third-order valence-corrected chi connectivity index (χ3v) is 15.6. The van der Waals surface area contributed by atoms with Crippen LogP contribution in [0.15, 0.2) is 64.5 Å². The number of ether oxygens (including phenoxy) is 4. The van der Waals surface area contributed by atoms with E-state index in [4.69, 9.17) is 23.9 Å². The molecule has 2 aromatic carbocycles. The molecule has 0 bridgehead atoms. The fourth-order valence-corrected chi connectivity index (χ4v) is 11.0. The molecule has 3 fully saturated rings. The monoisotopic (exact) mass is 987 g/mol. The minimum atomic E-state index is -3.68. The van der Waals surface area contributed by atoms with Crippen LogP contribution in [0.25, 0.3) is 33.2 Å². The number of aliphatic hydroxyl groups excluding tert-OH is 1. The molecule has 1 aliphatic carbocycles. The summed E-state index contributed by atoms with van der Waals surface area (Å²) in [6, 6.07) is 12.5. The highest BCUT2D eigenvalue weighted by molar-refractivity contribution is 7.89. The number of piperidine rings is 1. The van der Waals surface area contributed by atoms with E-state index in [1.54, 1.807) is 28.1 Å². The number of imide groups is 1. The summed E-state index contributed by atoms with van der Waals surface area (Å²) in [6.07, 6.45) is 11.1. The van der Waals surface area contributed by atoms with Crippen molar-refractivity contribution in [2.75, 3.05) is 97.4 Å². The largest absolute Gasteiger partial charge is 0.393 e. The molecule has 0 radical (unpaired) electrons. The van der Waals surface area contributed by atoms with Crippen molar-refractivity contribution in [1.29, 1.82) is 0 Å². The van der Waals surface area contributed by atoms with Crippen molar-refractivity contribution in [3.05, 3.63) is 70.9 Å². The van der Waals surface area contributed by atoms with Crippen LogP contribution in [0.3, 0.4) is 0 Å². The van der Waals surface area contributed by atoms with Gasteiger partial charge in [0.05, 0.1) is 68.3 Å². The zero-order valence-electron chi connectivity index (χ0n) is 40.6. The van der Waals surface area contributed by atoms with Gasteiger partial charge < -0.3 is 33.9 Å². The van der Waals surface area contributed by atoms with Crippen molar-refractivity contribution in [2.24, 2.45) is 7.05 Å². The minimum absolute atomic E-state index is 0.204. The Bertz CT molecular complexity index is 2710. The van der Waals surface area contributed by atoms with Crippen molar-refractivity contribution in [3.63, 3.8) is 0 Å². The summed E-state index contributed by atoms with van der Waals surface area (Å²) < 4.78 is 57.2. The van der Waals surface area contributed by atoms with Crippen LogP contribution in [-0.4, -0.2) is 156 Å². The van der Waals surface area contributed by atoms with Crippen molar-refractivity contribution >= 4 is 49.9 Å². The van der Waals surface area contributed by atoms with Crippen LogP contribution in [0.4, 0.5) is 5.95 Å². The Morgan fingerprint density at radius 1 is 0.814 bits per heavy atom. The molecule has 20 heteroatoms. The van der Waals surface area contributed by atoms with Gasteiger partial charge in [0.25, 0.3) is 0 Å². The van der Waals surface area contributed by atoms with Crippen LogP contribution < -0.4 is 16.3 Å². The lowest BCUT2D eigenvalue weighted by Crippen LogP contribution is -2.49. The van der Waals surface area contributed by atoms with Crippen LogP contribution in [0, 0.1) is 0 Å². The molecule has 3 aromatic heterocycles. The SMILES string of the molecule is CCCCNc1ncc2c(-c3ccc(S(=O)(=O)N4CCN(CCOCCOCCOCCOCCCc5ccc6c(c5)n(C)c(=O)n6C5CCC(=O)NC5=O)CC4)cc3)cn(C3CCC(O)CC3)c2n1. The highest BCUT2D eigenvalue weighted by atomic mass is 32.2. The molecule has 1 saturated carbocycles. The first-order valence-electron chi connectivity index (χ1n) is 25.0. The number of nitrogens with zero attached hydrogens (tertiary/aromatic N) is 7. The lowest BCUT2D eigenvalue weighted by molar-refractivity contribution is -0.135. The fourth-order valence-electron chi connectivity index (χ4n) is 9.61. The number of carbonyl (C=O) groups is 2. The first-order valence-corrected chi connectivity index (χ1v) is 26.4. The second kappa shape index (κ2) is 24.4. The topological polar surface area (TPSA) is 214 Å². The standard InChI is InChI=1S/C50H69N9O10S/c1-3-4-19-51-49-52-34-41-42(35-58(47(41)54-49)38-10-12-39(60)13-11-38)37-8-14-40(15-9-37)70(64,65)57-22-20-56(21-23-57)24-26-67-28-30-69-32-31-68-29-27-66-25-5-6-36-7-16-43-45(33-36)55(2)50(63)59(43)44-17-18-46(61)53-48(44)62/h7-9,14-16,33-35,38-39,44,60H,3-6,10-13,17-32H2,1-2H3,(H,51,52,54)(H,53,61,62). The number of fused-ring (bicyclic) bond motifs is 2. The van der Waals surface area contributed by atoms with E-state index in [0.29, 0.717) is 103 Å². The molecule has 5 heterocycles. The second-order valence-electron chi connectivity index (χ2n) is 18.4. The molecule has 2 aliphatic heterocycles. The number of aliphatic hydroxyl groups is 1. The van der Waals surface area contributed by atoms with Gasteiger partial charge in [-0.15, -0.1) is 0 Å². The molecule has 3 N–H and O–H groups in total. The van der Waals surface area contributed by atoms with E-state index < -0.39 is 22.0 Å². The Morgan fingerprint density at radius 2 is 1.50 bits per heavy atom. The Hall–Kier alpha value is -5.06. The molecule has 19 nitrogen and oxygen atoms in total. The first-order chi connectivity index (χ1) is 34.0. The van der Waals surface area contributed by atoms with E-state index in [1.165, 1.54) is 4.57 Å². The van der Waals surface area contributed by atoms with Crippen LogP contribution in [0.2, 0.25) is 0 Å². The van der Waals surface area contributed by atoms with Gasteiger partial charge in [0.15, 0.2) is 0 Å². The Balaban J connectivity index is 0.675. The normalized spacial score (nSPS) is 19.6. The molecule has 2 amide bonds. The molecule has 0 spiro atoms. The molecule has 70 heavy (non-hydrogen) atoms. The van der Waals surface area contributed by atoms with Gasteiger partial charge in [0.2, 0.25) is 27.8 Å². The zero-order chi connectivity index (χ0) is 49.0. The summed E-state index contributed by atoms with van der Waals surface area (Å²) in [4.78, 5) is 49.1. The number of nitrogens with one attached hydrogen (secondary N) is 2. The van der Waals surface area contributed by atoms with E-state index in [9.17, 15) is 27.9 Å². The maximum atomic E-state index is 13.8. The number of carbonyl (C=O) groups excluding carboxylic acids is 2. The zero-order valence-corrected chi connectivity index (χ0v) is 41.4. The van der Waals surface area contributed by atoms with Crippen LogP contribution in [0.1, 0.15) is 82.4 Å². The first kappa shape index (κ1) is 51.3. The molecule has 380 valence electrons. The quantitative estimate of drug-likeness (QED) is 0.0546. The van der Waals surface area contributed by atoms with E-state index in [2.05, 4.69) is 38.2 Å². The molecule has 8 rings (SSSR count). The highest BCUT2D eigenvalue weighted by Crippen LogP contribution is 2.37. The van der Waals surface area contributed by atoms with Crippen LogP contribution in [0.5, 0.6) is 0 Å². The number of amides is 2. The van der Waals surface area contributed by atoms with Gasteiger partial charge in [-0.25, -0.2) is 18.2 Å². The molecular weight excluding hydrogens is 919 g/mol. The highest BCUT2D eigenvalue weighted by Gasteiger charge is 2.32. The third kappa shape index (κ3) is 12.5. The maximum Gasteiger partial charge on any atom is 0.329 e. The van der Waals surface area contributed by atoms with Gasteiger partial charge in [-0.3, -0.25) is 28.9 Å². The molecule has 5 aromatic rings. The summed E-state index contributed by atoms with van der Waals surface area (Å²) in [5, 5.41) is 16.8. The van der Waals surface area contributed by atoms with Crippen molar-refractivity contribution in [1.82, 2.24) is 38.2 Å². The van der Waals surface area contributed by atoms with E-state index in [-0.39, 0.29) is 35.1 Å². The van der Waals surface area contributed by atoms with Gasteiger partial charge in [-0.1, -0.05) is 31.5 Å².